The first-order chi connectivity index (χ1) is 12.3. The van der Waals surface area contributed by atoms with Gasteiger partial charge in [-0.15, -0.1) is 0 Å². The number of nitriles is 1. The number of hydrogen-bond acceptors (Lipinski definition) is 6. The Morgan fingerprint density at radius 2 is 1.96 bits per heavy atom. The lowest BCUT2D eigenvalue weighted by Gasteiger charge is -2.32. The van der Waals surface area contributed by atoms with Gasteiger partial charge in [0.25, 0.3) is 5.91 Å². The quantitative estimate of drug-likeness (QED) is 0.346. The normalized spacial score (nSPS) is 19.5. The van der Waals surface area contributed by atoms with Crippen molar-refractivity contribution < 1.29 is 18.0 Å². The number of hydrogen-bond donors (Lipinski definition) is 1. The van der Waals surface area contributed by atoms with Crippen molar-refractivity contribution in [3.63, 3.8) is 0 Å². The molecule has 0 unspecified atom stereocenters. The minimum atomic E-state index is -3.21. The van der Waals surface area contributed by atoms with Crippen LogP contribution in [0.4, 0.5) is 0 Å². The summed E-state index contributed by atoms with van der Waals surface area (Å²) in [5.41, 5.74) is -0.00458. The third-order valence-corrected chi connectivity index (χ3v) is 5.78. The topological polar surface area (TPSA) is 114 Å². The summed E-state index contributed by atoms with van der Waals surface area (Å²) < 4.78 is 24.4. The Morgan fingerprint density at radius 1 is 1.27 bits per heavy atom. The lowest BCUT2D eigenvalue weighted by atomic mass is 10.2. The maximum absolute atomic E-state index is 12.1. The van der Waals surface area contributed by atoms with Crippen LogP contribution in [0.15, 0.2) is 11.8 Å². The second-order valence-electron chi connectivity index (χ2n) is 6.45. The molecule has 0 saturated carbocycles. The fourth-order valence-electron chi connectivity index (χ4n) is 2.99. The molecule has 0 spiro atoms. The molecule has 10 heteroatoms. The molecule has 0 radical (unpaired) electrons. The first kappa shape index (κ1) is 20.2. The van der Waals surface area contributed by atoms with E-state index >= 15 is 0 Å². The Balaban J connectivity index is 1.76. The monoisotopic (exact) mass is 383 g/mol. The molecule has 2 aliphatic rings. The van der Waals surface area contributed by atoms with E-state index in [-0.39, 0.29) is 11.5 Å². The van der Waals surface area contributed by atoms with Crippen molar-refractivity contribution >= 4 is 21.8 Å². The van der Waals surface area contributed by atoms with Crippen LogP contribution in [0.25, 0.3) is 0 Å². The van der Waals surface area contributed by atoms with Gasteiger partial charge in [0.15, 0.2) is 0 Å². The summed E-state index contributed by atoms with van der Waals surface area (Å²) in [4.78, 5) is 27.2. The van der Waals surface area contributed by atoms with Gasteiger partial charge in [-0.2, -0.15) is 9.57 Å². The zero-order valence-corrected chi connectivity index (χ0v) is 15.8. The van der Waals surface area contributed by atoms with Crippen molar-refractivity contribution in [1.29, 1.82) is 5.26 Å². The van der Waals surface area contributed by atoms with Crippen LogP contribution >= 0.6 is 0 Å². The summed E-state index contributed by atoms with van der Waals surface area (Å²) >= 11 is 0. The van der Waals surface area contributed by atoms with Crippen molar-refractivity contribution in [3.05, 3.63) is 11.8 Å². The van der Waals surface area contributed by atoms with Crippen LogP contribution in [-0.2, 0) is 19.6 Å². The highest BCUT2D eigenvalue weighted by Crippen LogP contribution is 2.10. The molecule has 144 valence electrons. The van der Waals surface area contributed by atoms with Crippen LogP contribution in [0.1, 0.15) is 19.3 Å². The number of amides is 2. The summed E-state index contributed by atoms with van der Waals surface area (Å²) in [6.45, 7) is 3.31. The van der Waals surface area contributed by atoms with Gasteiger partial charge < -0.3 is 15.1 Å². The average Bonchev–Trinajstić information content (AvgIpc) is 3.01. The van der Waals surface area contributed by atoms with E-state index in [0.717, 1.165) is 13.0 Å². The molecule has 9 nitrogen and oxygen atoms in total. The van der Waals surface area contributed by atoms with Gasteiger partial charge in [-0.05, 0) is 12.8 Å². The molecule has 1 N–H and O–H groups in total. The van der Waals surface area contributed by atoms with E-state index in [1.54, 1.807) is 9.80 Å². The molecule has 26 heavy (non-hydrogen) atoms. The van der Waals surface area contributed by atoms with Crippen LogP contribution in [0.5, 0.6) is 0 Å². The average molecular weight is 383 g/mol. The predicted molar refractivity (Wildman–Crippen MR) is 95.1 cm³/mol. The minimum absolute atomic E-state index is 0.00458. The van der Waals surface area contributed by atoms with Crippen molar-refractivity contribution in [2.24, 2.45) is 0 Å². The van der Waals surface area contributed by atoms with Gasteiger partial charge in [-0.3, -0.25) is 9.59 Å². The first-order valence-corrected chi connectivity index (χ1v) is 10.5. The molecule has 0 atom stereocenters. The van der Waals surface area contributed by atoms with Gasteiger partial charge >= 0.3 is 0 Å². The second-order valence-corrected chi connectivity index (χ2v) is 8.43. The zero-order valence-electron chi connectivity index (χ0n) is 15.0. The highest BCUT2D eigenvalue weighted by molar-refractivity contribution is 7.88. The van der Waals surface area contributed by atoms with Gasteiger partial charge in [0.05, 0.1) is 6.26 Å². The molecule has 2 amide bonds. The van der Waals surface area contributed by atoms with Crippen molar-refractivity contribution in [2.45, 2.75) is 19.3 Å². The predicted octanol–water partition coefficient (Wildman–Crippen LogP) is -0.900. The number of carbonyl (C=O) groups excluding carboxylic acids is 2. The molecule has 2 heterocycles. The van der Waals surface area contributed by atoms with Crippen LogP contribution in [0.3, 0.4) is 0 Å². The molecule has 2 rings (SSSR count). The third kappa shape index (κ3) is 5.71. The number of sulfonamides is 1. The van der Waals surface area contributed by atoms with Gasteiger partial charge in [0.2, 0.25) is 15.9 Å². The number of rotatable bonds is 7. The van der Waals surface area contributed by atoms with E-state index in [9.17, 15) is 23.3 Å². The summed E-state index contributed by atoms with van der Waals surface area (Å²) in [6.07, 6.45) is 4.78. The van der Waals surface area contributed by atoms with E-state index in [4.69, 9.17) is 0 Å². The summed E-state index contributed by atoms with van der Waals surface area (Å²) in [5.74, 6) is -0.298. The number of carbonyl (C=O) groups is 2. The smallest absolute Gasteiger partial charge is 0.263 e. The van der Waals surface area contributed by atoms with E-state index in [1.165, 1.54) is 16.8 Å². The van der Waals surface area contributed by atoms with Gasteiger partial charge in [0, 0.05) is 58.4 Å². The lowest BCUT2D eigenvalue weighted by molar-refractivity contribution is -0.127. The Kier molecular flexibility index (Phi) is 6.99. The molecular formula is C16H25N5O4S. The molecular weight excluding hydrogens is 358 g/mol. The first-order valence-electron chi connectivity index (χ1n) is 8.68. The van der Waals surface area contributed by atoms with Crippen LogP contribution < -0.4 is 5.32 Å². The number of likely N-dealkylation sites (tertiary alicyclic amines) is 1. The van der Waals surface area contributed by atoms with Gasteiger partial charge in [-0.25, -0.2) is 8.42 Å². The number of nitrogens with zero attached hydrogens (tertiary/aromatic N) is 4. The summed E-state index contributed by atoms with van der Waals surface area (Å²) in [5, 5.41) is 11.9. The maximum atomic E-state index is 12.1. The van der Waals surface area contributed by atoms with Crippen molar-refractivity contribution in [1.82, 2.24) is 19.4 Å². The van der Waals surface area contributed by atoms with E-state index in [1.807, 2.05) is 6.07 Å². The molecule has 2 saturated heterocycles. The SMILES string of the molecule is CS(=O)(=O)N1CCN(/C=C(/C#N)C(=O)NCCCN2CCCC2=O)CC1. The summed E-state index contributed by atoms with van der Waals surface area (Å²) in [6, 6.07) is 1.89. The fraction of sp³-hybridized carbons (Fsp3) is 0.688. The summed E-state index contributed by atoms with van der Waals surface area (Å²) in [7, 11) is -3.21. The second kappa shape index (κ2) is 9.00. The van der Waals surface area contributed by atoms with Crippen molar-refractivity contribution in [2.75, 3.05) is 52.1 Å². The Morgan fingerprint density at radius 3 is 2.50 bits per heavy atom. The Hall–Kier alpha value is -2.12. The van der Waals surface area contributed by atoms with Crippen molar-refractivity contribution in [3.8, 4) is 6.07 Å². The standard InChI is InChI=1S/C16H25N5O4S/c1-26(24,25)21-10-8-19(9-11-21)13-14(12-17)16(23)18-5-3-7-20-6-2-4-15(20)22/h13H,2-11H2,1H3,(H,18,23)/b14-13-. The Bertz CT molecular complexity index is 705. The van der Waals surface area contributed by atoms with E-state index in [0.29, 0.717) is 52.1 Å². The Labute approximate surface area is 154 Å². The number of piperazine rings is 1. The van der Waals surface area contributed by atoms with E-state index in [2.05, 4.69) is 5.32 Å². The maximum Gasteiger partial charge on any atom is 0.263 e. The zero-order chi connectivity index (χ0) is 19.2. The van der Waals surface area contributed by atoms with Gasteiger partial charge in [-0.1, -0.05) is 0 Å². The van der Waals surface area contributed by atoms with Gasteiger partial charge in [0.1, 0.15) is 11.6 Å². The highest BCUT2D eigenvalue weighted by atomic mass is 32.2. The molecule has 0 aromatic carbocycles. The minimum Gasteiger partial charge on any atom is -0.373 e. The third-order valence-electron chi connectivity index (χ3n) is 4.48. The number of nitrogens with one attached hydrogen (secondary N) is 1. The molecule has 0 aromatic rings. The molecule has 2 fully saturated rings. The molecule has 0 aromatic heterocycles. The van der Waals surface area contributed by atoms with E-state index < -0.39 is 15.9 Å². The van der Waals surface area contributed by atoms with Crippen LogP contribution in [-0.4, -0.2) is 86.4 Å². The van der Waals surface area contributed by atoms with Crippen LogP contribution in [0.2, 0.25) is 0 Å². The van der Waals surface area contributed by atoms with Crippen LogP contribution in [0, 0.1) is 11.3 Å². The lowest BCUT2D eigenvalue weighted by Crippen LogP contribution is -2.46. The largest absolute Gasteiger partial charge is 0.373 e. The molecule has 0 bridgehead atoms. The molecule has 0 aliphatic carbocycles. The fourth-order valence-corrected chi connectivity index (χ4v) is 3.82. The highest BCUT2D eigenvalue weighted by Gasteiger charge is 2.23. The molecule has 2 aliphatic heterocycles.